The first kappa shape index (κ1) is 15.7. The van der Waals surface area contributed by atoms with Gasteiger partial charge in [0.25, 0.3) is 0 Å². The van der Waals surface area contributed by atoms with Crippen LogP contribution in [0.2, 0.25) is 0 Å². The Morgan fingerprint density at radius 2 is 2.35 bits per heavy atom. The van der Waals surface area contributed by atoms with Gasteiger partial charge < -0.3 is 9.84 Å². The second kappa shape index (κ2) is 6.93. The number of carboxylic acid groups (broad SMARTS) is 1. The number of aliphatic carboxylic acids is 1. The minimum absolute atomic E-state index is 0.0635. The Bertz CT molecular complexity index is 670. The molecule has 1 aliphatic rings. The van der Waals surface area contributed by atoms with E-state index in [9.17, 15) is 4.79 Å². The van der Waals surface area contributed by atoms with E-state index in [1.807, 2.05) is 23.0 Å². The van der Waals surface area contributed by atoms with Crippen molar-refractivity contribution in [3.8, 4) is 5.69 Å². The fourth-order valence-corrected chi connectivity index (χ4v) is 2.93. The van der Waals surface area contributed by atoms with Crippen LogP contribution < -0.4 is 0 Å². The highest BCUT2D eigenvalue weighted by atomic mass is 16.5. The minimum Gasteiger partial charge on any atom is -0.481 e. The number of aromatic nitrogens is 2. The molecule has 1 aliphatic heterocycles. The third-order valence-corrected chi connectivity index (χ3v) is 4.23. The number of rotatable bonds is 5. The van der Waals surface area contributed by atoms with Gasteiger partial charge in [-0.1, -0.05) is 6.07 Å². The van der Waals surface area contributed by atoms with Gasteiger partial charge in [-0.25, -0.2) is 4.68 Å². The van der Waals surface area contributed by atoms with Crippen LogP contribution in [0.4, 0.5) is 0 Å². The molecule has 0 unspecified atom stereocenters. The maximum Gasteiger partial charge on any atom is 0.305 e. The molecule has 6 nitrogen and oxygen atoms in total. The molecular formula is C17H21N3O3. The Labute approximate surface area is 135 Å². The zero-order valence-corrected chi connectivity index (χ0v) is 13.2. The van der Waals surface area contributed by atoms with Gasteiger partial charge in [0.05, 0.1) is 25.3 Å². The van der Waals surface area contributed by atoms with Crippen LogP contribution in [0.5, 0.6) is 0 Å². The minimum atomic E-state index is -0.781. The molecule has 0 aliphatic carbocycles. The zero-order valence-electron chi connectivity index (χ0n) is 13.2. The van der Waals surface area contributed by atoms with Gasteiger partial charge in [0.15, 0.2) is 0 Å². The van der Waals surface area contributed by atoms with E-state index in [0.717, 1.165) is 18.8 Å². The molecule has 1 saturated heterocycles. The van der Waals surface area contributed by atoms with Crippen LogP contribution in [-0.2, 0) is 16.1 Å². The molecule has 1 N–H and O–H groups in total. The molecule has 1 aromatic carbocycles. The summed E-state index contributed by atoms with van der Waals surface area (Å²) in [6.07, 6.45) is 3.79. The van der Waals surface area contributed by atoms with E-state index in [1.165, 1.54) is 11.1 Å². The highest BCUT2D eigenvalue weighted by molar-refractivity contribution is 5.67. The third-order valence-electron chi connectivity index (χ3n) is 4.23. The Morgan fingerprint density at radius 1 is 1.48 bits per heavy atom. The van der Waals surface area contributed by atoms with Gasteiger partial charge in [0.2, 0.25) is 0 Å². The summed E-state index contributed by atoms with van der Waals surface area (Å²) in [5.74, 6) is -0.781. The van der Waals surface area contributed by atoms with Gasteiger partial charge in [-0.15, -0.1) is 0 Å². The molecule has 6 heteroatoms. The number of ether oxygens (including phenoxy) is 1. The van der Waals surface area contributed by atoms with E-state index in [2.05, 4.69) is 29.1 Å². The Morgan fingerprint density at radius 3 is 3.04 bits per heavy atom. The number of carbonyl (C=O) groups is 1. The van der Waals surface area contributed by atoms with E-state index < -0.39 is 5.97 Å². The van der Waals surface area contributed by atoms with Crippen molar-refractivity contribution in [1.82, 2.24) is 14.7 Å². The smallest absolute Gasteiger partial charge is 0.305 e. The maximum atomic E-state index is 11.0. The van der Waals surface area contributed by atoms with Crippen LogP contribution in [0.3, 0.4) is 0 Å². The fourth-order valence-electron chi connectivity index (χ4n) is 2.93. The summed E-state index contributed by atoms with van der Waals surface area (Å²) in [5.41, 5.74) is 3.41. The first-order chi connectivity index (χ1) is 11.1. The normalized spacial score (nSPS) is 18.9. The lowest BCUT2D eigenvalue weighted by Gasteiger charge is -2.35. The summed E-state index contributed by atoms with van der Waals surface area (Å²) in [7, 11) is 0. The highest BCUT2D eigenvalue weighted by Gasteiger charge is 2.25. The van der Waals surface area contributed by atoms with Crippen molar-refractivity contribution in [2.45, 2.75) is 25.9 Å². The predicted octanol–water partition coefficient (Wildman–Crippen LogP) is 1.86. The topological polar surface area (TPSA) is 67.6 Å². The molecule has 23 heavy (non-hydrogen) atoms. The lowest BCUT2D eigenvalue weighted by Crippen LogP contribution is -2.46. The largest absolute Gasteiger partial charge is 0.481 e. The molecular weight excluding hydrogens is 294 g/mol. The number of hydrogen-bond donors (Lipinski definition) is 1. The van der Waals surface area contributed by atoms with Crippen LogP contribution in [0, 0.1) is 6.92 Å². The molecule has 3 rings (SSSR count). The molecule has 2 heterocycles. The van der Waals surface area contributed by atoms with Crippen LogP contribution >= 0.6 is 0 Å². The van der Waals surface area contributed by atoms with Gasteiger partial charge in [0, 0.05) is 31.5 Å². The molecule has 2 aromatic rings. The molecule has 0 spiro atoms. The first-order valence-corrected chi connectivity index (χ1v) is 7.76. The number of benzene rings is 1. The van der Waals surface area contributed by atoms with Gasteiger partial charge in [-0.2, -0.15) is 5.10 Å². The highest BCUT2D eigenvalue weighted by Crippen LogP contribution is 2.19. The second-order valence-corrected chi connectivity index (χ2v) is 5.86. The third kappa shape index (κ3) is 3.78. The number of hydrogen-bond acceptors (Lipinski definition) is 4. The van der Waals surface area contributed by atoms with E-state index in [0.29, 0.717) is 13.2 Å². The molecule has 1 aromatic heterocycles. The Balaban J connectivity index is 1.75. The molecule has 0 bridgehead atoms. The summed E-state index contributed by atoms with van der Waals surface area (Å²) >= 11 is 0. The van der Waals surface area contributed by atoms with Crippen LogP contribution in [0.1, 0.15) is 17.5 Å². The van der Waals surface area contributed by atoms with E-state index in [4.69, 9.17) is 9.84 Å². The monoisotopic (exact) mass is 315 g/mol. The Hall–Kier alpha value is -2.18. The van der Waals surface area contributed by atoms with Crippen molar-refractivity contribution >= 4 is 5.97 Å². The maximum absolute atomic E-state index is 11.0. The van der Waals surface area contributed by atoms with Crippen molar-refractivity contribution in [3.63, 3.8) is 0 Å². The quantitative estimate of drug-likeness (QED) is 0.912. The summed E-state index contributed by atoms with van der Waals surface area (Å²) in [5, 5.41) is 13.3. The van der Waals surface area contributed by atoms with Crippen LogP contribution in [-0.4, -0.2) is 51.6 Å². The number of nitrogens with zero attached hydrogens (tertiary/aromatic N) is 3. The first-order valence-electron chi connectivity index (χ1n) is 7.76. The fraction of sp³-hybridized carbons (Fsp3) is 0.412. The predicted molar refractivity (Wildman–Crippen MR) is 85.6 cm³/mol. The molecule has 122 valence electrons. The van der Waals surface area contributed by atoms with Crippen molar-refractivity contribution in [1.29, 1.82) is 0 Å². The van der Waals surface area contributed by atoms with Gasteiger partial charge >= 0.3 is 5.97 Å². The van der Waals surface area contributed by atoms with Gasteiger partial charge in [0.1, 0.15) is 0 Å². The van der Waals surface area contributed by atoms with Gasteiger partial charge in [-0.3, -0.25) is 9.69 Å². The summed E-state index contributed by atoms with van der Waals surface area (Å²) in [4.78, 5) is 13.2. The molecule has 0 saturated carbocycles. The number of aryl methyl sites for hydroxylation is 1. The molecule has 0 amide bonds. The van der Waals surface area contributed by atoms with Crippen LogP contribution in [0.15, 0.2) is 36.7 Å². The number of morpholine rings is 1. The molecule has 1 atom stereocenters. The van der Waals surface area contributed by atoms with E-state index in [-0.39, 0.29) is 12.5 Å². The summed E-state index contributed by atoms with van der Waals surface area (Å²) in [6.45, 7) is 4.72. The van der Waals surface area contributed by atoms with Crippen molar-refractivity contribution in [2.24, 2.45) is 0 Å². The SMILES string of the molecule is Cc1cc(-n2cccn2)ccc1CN1CCOC[C@@H]1CC(=O)O. The molecule has 1 fully saturated rings. The van der Waals surface area contributed by atoms with Gasteiger partial charge in [-0.05, 0) is 36.2 Å². The average Bonchev–Trinajstić information content (AvgIpc) is 3.05. The van der Waals surface area contributed by atoms with Crippen molar-refractivity contribution in [2.75, 3.05) is 19.8 Å². The van der Waals surface area contributed by atoms with E-state index >= 15 is 0 Å². The average molecular weight is 315 g/mol. The second-order valence-electron chi connectivity index (χ2n) is 5.86. The number of carboxylic acids is 1. The van der Waals surface area contributed by atoms with Crippen LogP contribution in [0.25, 0.3) is 5.69 Å². The lowest BCUT2D eigenvalue weighted by atomic mass is 10.0. The van der Waals surface area contributed by atoms with E-state index in [1.54, 1.807) is 6.20 Å². The molecule has 0 radical (unpaired) electrons. The van der Waals surface area contributed by atoms with Crippen molar-refractivity contribution in [3.05, 3.63) is 47.8 Å². The van der Waals surface area contributed by atoms with Crippen molar-refractivity contribution < 1.29 is 14.6 Å². The zero-order chi connectivity index (χ0) is 16.2. The Kier molecular flexibility index (Phi) is 4.73. The summed E-state index contributed by atoms with van der Waals surface area (Å²) < 4.78 is 7.26. The lowest BCUT2D eigenvalue weighted by molar-refractivity contribution is -0.140. The summed E-state index contributed by atoms with van der Waals surface area (Å²) in [6, 6.07) is 8.08. The standard InChI is InChI=1S/C17H21N3O3/c1-13-9-15(20-6-2-5-18-20)4-3-14(13)11-19-7-8-23-12-16(19)10-17(21)22/h2-6,9,16H,7-8,10-12H2,1H3,(H,21,22)/t16-/m0/s1.